The van der Waals surface area contributed by atoms with Crippen molar-refractivity contribution in [3.63, 3.8) is 0 Å². The molecular weight excluding hydrogens is 273 g/mol. The van der Waals surface area contributed by atoms with Crippen LogP contribution in [0.15, 0.2) is 23.1 Å². The number of ether oxygens (including phenoxy) is 1. The molecule has 1 aromatic rings. The summed E-state index contributed by atoms with van der Waals surface area (Å²) in [6.45, 7) is 1.63. The van der Waals surface area contributed by atoms with Gasteiger partial charge in [-0.3, -0.25) is 0 Å². The van der Waals surface area contributed by atoms with Crippen molar-refractivity contribution in [3.05, 3.63) is 29.6 Å². The molecule has 1 aliphatic heterocycles. The second-order valence-electron chi connectivity index (χ2n) is 4.11. The number of rotatable bonds is 4. The van der Waals surface area contributed by atoms with Crippen molar-refractivity contribution < 1.29 is 17.5 Å². The quantitative estimate of drug-likeness (QED) is 0.802. The van der Waals surface area contributed by atoms with E-state index >= 15 is 0 Å². The molecule has 0 atom stereocenters. The molecule has 2 rings (SSSR count). The molecule has 0 saturated carbocycles. The van der Waals surface area contributed by atoms with Crippen molar-refractivity contribution in [2.24, 2.45) is 5.73 Å². The minimum absolute atomic E-state index is 0.0109. The van der Waals surface area contributed by atoms with E-state index in [1.807, 2.05) is 0 Å². The summed E-state index contributed by atoms with van der Waals surface area (Å²) in [5.74, 6) is -0.618. The summed E-state index contributed by atoms with van der Waals surface area (Å²) in [5, 5.41) is 1.53. The Morgan fingerprint density at radius 3 is 2.68 bits per heavy atom. The predicted octanol–water partition coefficient (Wildman–Crippen LogP) is -0.190. The molecule has 0 aliphatic carbocycles. The average molecular weight is 289 g/mol. The second kappa shape index (κ2) is 5.93. The molecule has 0 spiro atoms. The fourth-order valence-corrected chi connectivity index (χ4v) is 3.25. The first kappa shape index (κ1) is 14.4. The van der Waals surface area contributed by atoms with Crippen LogP contribution in [-0.4, -0.2) is 39.7 Å². The molecule has 3 N–H and O–H groups in total. The van der Waals surface area contributed by atoms with E-state index < -0.39 is 15.8 Å². The highest BCUT2D eigenvalue weighted by atomic mass is 32.2. The fraction of sp³-hybridized carbons (Fsp3) is 0.455. The summed E-state index contributed by atoms with van der Waals surface area (Å²) < 4.78 is 43.1. The van der Waals surface area contributed by atoms with Gasteiger partial charge in [-0.25, -0.2) is 17.8 Å². The Bertz CT molecular complexity index is 544. The Hall–Kier alpha value is -1.06. The molecule has 0 unspecified atom stereocenters. The maximum Gasteiger partial charge on any atom is 0.253 e. The molecule has 1 aliphatic rings. The molecule has 1 saturated heterocycles. The standard InChI is InChI=1S/C11H16FN3O3S/c12-10-2-1-3-11(9(10)8-13)19(16,17)14-15-4-6-18-7-5-15/h1-3,14H,4-8,13H2. The van der Waals surface area contributed by atoms with Crippen molar-refractivity contribution in [3.8, 4) is 0 Å². The first-order valence-corrected chi connectivity index (χ1v) is 7.35. The van der Waals surface area contributed by atoms with Crippen LogP contribution < -0.4 is 10.6 Å². The van der Waals surface area contributed by atoms with Gasteiger partial charge in [-0.1, -0.05) is 6.07 Å². The third-order valence-electron chi connectivity index (χ3n) is 2.83. The number of sulfonamides is 1. The largest absolute Gasteiger partial charge is 0.379 e. The van der Waals surface area contributed by atoms with Crippen LogP contribution in [0.25, 0.3) is 0 Å². The highest BCUT2D eigenvalue weighted by Gasteiger charge is 2.23. The Kier molecular flexibility index (Phi) is 4.48. The van der Waals surface area contributed by atoms with E-state index in [2.05, 4.69) is 4.83 Å². The van der Waals surface area contributed by atoms with Crippen LogP contribution in [0.5, 0.6) is 0 Å². The molecular formula is C11H16FN3O3S. The summed E-state index contributed by atoms with van der Waals surface area (Å²) in [7, 11) is -3.82. The third-order valence-corrected chi connectivity index (χ3v) is 4.29. The number of hydrogen-bond acceptors (Lipinski definition) is 5. The lowest BCUT2D eigenvalue weighted by Gasteiger charge is -2.27. The van der Waals surface area contributed by atoms with Gasteiger partial charge in [-0.05, 0) is 12.1 Å². The summed E-state index contributed by atoms with van der Waals surface area (Å²) in [4.78, 5) is 2.29. The normalized spacial score (nSPS) is 17.6. The number of morpholine rings is 1. The van der Waals surface area contributed by atoms with Gasteiger partial charge in [0.2, 0.25) is 0 Å². The van der Waals surface area contributed by atoms with Gasteiger partial charge in [0.05, 0.1) is 18.1 Å². The van der Waals surface area contributed by atoms with Crippen molar-refractivity contribution in [2.45, 2.75) is 11.4 Å². The van der Waals surface area contributed by atoms with E-state index in [0.717, 1.165) is 0 Å². The maximum atomic E-state index is 13.6. The summed E-state index contributed by atoms with van der Waals surface area (Å²) >= 11 is 0. The number of nitrogens with one attached hydrogen (secondary N) is 1. The van der Waals surface area contributed by atoms with Gasteiger partial charge < -0.3 is 10.5 Å². The van der Waals surface area contributed by atoms with Crippen LogP contribution in [-0.2, 0) is 21.3 Å². The zero-order chi connectivity index (χ0) is 13.9. The zero-order valence-electron chi connectivity index (χ0n) is 10.3. The van der Waals surface area contributed by atoms with E-state index in [0.29, 0.717) is 26.3 Å². The molecule has 106 valence electrons. The summed E-state index contributed by atoms with van der Waals surface area (Å²) in [6, 6.07) is 3.88. The minimum Gasteiger partial charge on any atom is -0.379 e. The van der Waals surface area contributed by atoms with E-state index in [-0.39, 0.29) is 17.0 Å². The van der Waals surface area contributed by atoms with Crippen LogP contribution in [0.2, 0.25) is 0 Å². The molecule has 1 aromatic carbocycles. The maximum absolute atomic E-state index is 13.6. The highest BCUT2D eigenvalue weighted by Crippen LogP contribution is 2.18. The topological polar surface area (TPSA) is 84.7 Å². The Labute approximate surface area is 111 Å². The minimum atomic E-state index is -3.82. The number of hydrazine groups is 1. The van der Waals surface area contributed by atoms with Crippen LogP contribution in [0.1, 0.15) is 5.56 Å². The molecule has 0 radical (unpaired) electrons. The molecule has 0 aromatic heterocycles. The van der Waals surface area contributed by atoms with E-state index in [9.17, 15) is 12.8 Å². The first-order chi connectivity index (χ1) is 9.04. The molecule has 1 heterocycles. The Morgan fingerprint density at radius 1 is 1.37 bits per heavy atom. The number of hydrogen-bond donors (Lipinski definition) is 2. The molecule has 0 amide bonds. The van der Waals surface area contributed by atoms with Crippen LogP contribution >= 0.6 is 0 Å². The fourth-order valence-electron chi connectivity index (χ4n) is 1.86. The smallest absolute Gasteiger partial charge is 0.253 e. The Morgan fingerprint density at radius 2 is 2.05 bits per heavy atom. The van der Waals surface area contributed by atoms with Gasteiger partial charge in [0, 0.05) is 25.2 Å². The van der Waals surface area contributed by atoms with E-state index in [4.69, 9.17) is 10.5 Å². The van der Waals surface area contributed by atoms with Gasteiger partial charge >= 0.3 is 0 Å². The molecule has 19 heavy (non-hydrogen) atoms. The monoisotopic (exact) mass is 289 g/mol. The molecule has 1 fully saturated rings. The van der Waals surface area contributed by atoms with Gasteiger partial charge in [-0.2, -0.15) is 0 Å². The number of nitrogens with two attached hydrogens (primary N) is 1. The molecule has 6 nitrogen and oxygen atoms in total. The van der Waals surface area contributed by atoms with Crippen LogP contribution in [0.3, 0.4) is 0 Å². The van der Waals surface area contributed by atoms with E-state index in [1.54, 1.807) is 0 Å². The lowest BCUT2D eigenvalue weighted by Crippen LogP contribution is -2.48. The second-order valence-corrected chi connectivity index (χ2v) is 5.74. The van der Waals surface area contributed by atoms with Crippen LogP contribution in [0.4, 0.5) is 4.39 Å². The van der Waals surface area contributed by atoms with Crippen molar-refractivity contribution >= 4 is 10.0 Å². The van der Waals surface area contributed by atoms with E-state index in [1.165, 1.54) is 23.2 Å². The SMILES string of the molecule is NCc1c(F)cccc1S(=O)(=O)NN1CCOCC1. The number of benzene rings is 1. The predicted molar refractivity (Wildman–Crippen MR) is 67.0 cm³/mol. The third kappa shape index (κ3) is 3.28. The zero-order valence-corrected chi connectivity index (χ0v) is 11.1. The Balaban J connectivity index is 2.26. The van der Waals surface area contributed by atoms with Gasteiger partial charge in [0.1, 0.15) is 5.82 Å². The van der Waals surface area contributed by atoms with Crippen molar-refractivity contribution in [2.75, 3.05) is 26.3 Å². The first-order valence-electron chi connectivity index (χ1n) is 5.87. The summed E-state index contributed by atoms with van der Waals surface area (Å²) in [6.07, 6.45) is 0. The van der Waals surface area contributed by atoms with Gasteiger partial charge in [-0.15, -0.1) is 4.83 Å². The van der Waals surface area contributed by atoms with Crippen molar-refractivity contribution in [1.82, 2.24) is 9.84 Å². The van der Waals surface area contributed by atoms with Gasteiger partial charge in [0.25, 0.3) is 10.0 Å². The summed E-state index contributed by atoms with van der Waals surface area (Å²) in [5.41, 5.74) is 5.40. The number of halogens is 1. The lowest BCUT2D eigenvalue weighted by atomic mass is 10.2. The molecule has 8 heteroatoms. The van der Waals surface area contributed by atoms with Crippen LogP contribution in [0, 0.1) is 5.82 Å². The number of nitrogens with zero attached hydrogens (tertiary/aromatic N) is 1. The van der Waals surface area contributed by atoms with Gasteiger partial charge in [0.15, 0.2) is 0 Å². The average Bonchev–Trinajstić information content (AvgIpc) is 2.39. The molecule has 0 bridgehead atoms. The lowest BCUT2D eigenvalue weighted by molar-refractivity contribution is 0.0272. The highest BCUT2D eigenvalue weighted by molar-refractivity contribution is 7.89. The van der Waals surface area contributed by atoms with Crippen molar-refractivity contribution in [1.29, 1.82) is 0 Å².